The first kappa shape index (κ1) is 32.3. The van der Waals surface area contributed by atoms with E-state index >= 15 is 0 Å². The van der Waals surface area contributed by atoms with Crippen LogP contribution in [0.4, 0.5) is 32.6 Å². The topological polar surface area (TPSA) is 154 Å². The van der Waals surface area contributed by atoms with Crippen LogP contribution >= 0.6 is 0 Å². The van der Waals surface area contributed by atoms with Gasteiger partial charge in [0.15, 0.2) is 11.5 Å². The Bertz CT molecular complexity index is 1540. The van der Waals surface area contributed by atoms with E-state index in [2.05, 4.69) is 10.4 Å². The molecule has 14 heteroatoms. The molecule has 0 bridgehead atoms. The van der Waals surface area contributed by atoms with E-state index < -0.39 is 22.2 Å². The zero-order valence-electron chi connectivity index (χ0n) is 26.5. The van der Waals surface area contributed by atoms with Gasteiger partial charge in [0.1, 0.15) is 28.5 Å². The van der Waals surface area contributed by atoms with Crippen LogP contribution in [0.5, 0.6) is 5.75 Å². The maximum absolute atomic E-state index is 13.9. The Morgan fingerprint density at radius 3 is 2.48 bits per heavy atom. The molecule has 3 heterocycles. The van der Waals surface area contributed by atoms with E-state index in [1.54, 1.807) is 51.7 Å². The van der Waals surface area contributed by atoms with Gasteiger partial charge in [0.25, 0.3) is 5.69 Å². The number of hydrogen-bond donors (Lipinski definition) is 1. The number of anilines is 3. The first-order chi connectivity index (χ1) is 20.6. The van der Waals surface area contributed by atoms with Crippen molar-refractivity contribution in [2.75, 3.05) is 29.9 Å². The Labute approximate surface area is 256 Å². The predicted molar refractivity (Wildman–Crippen MR) is 165 cm³/mol. The van der Waals surface area contributed by atoms with Gasteiger partial charge in [-0.1, -0.05) is 0 Å². The lowest BCUT2D eigenvalue weighted by Crippen LogP contribution is -2.47. The molecule has 0 aliphatic carbocycles. The van der Waals surface area contributed by atoms with Crippen molar-refractivity contribution in [3.63, 3.8) is 0 Å². The number of carbonyl (C=O) groups is 2. The summed E-state index contributed by atoms with van der Waals surface area (Å²) in [6.45, 7) is 15.4. The molecule has 4 rings (SSSR count). The van der Waals surface area contributed by atoms with Crippen LogP contribution in [0.1, 0.15) is 66.9 Å². The highest BCUT2D eigenvalue weighted by molar-refractivity contribution is 5.99. The van der Waals surface area contributed by atoms with E-state index in [0.717, 1.165) is 17.7 Å². The van der Waals surface area contributed by atoms with Crippen molar-refractivity contribution in [2.45, 2.75) is 85.5 Å². The third kappa shape index (κ3) is 7.47. The zero-order chi connectivity index (χ0) is 32.4. The quantitative estimate of drug-likeness (QED) is 0.240. The Kier molecular flexibility index (Phi) is 9.21. The highest BCUT2D eigenvalue weighted by Gasteiger charge is 2.35. The molecule has 44 heavy (non-hydrogen) atoms. The molecule has 0 saturated carbocycles. The van der Waals surface area contributed by atoms with Gasteiger partial charge in [0.05, 0.1) is 23.8 Å². The van der Waals surface area contributed by atoms with Gasteiger partial charge in [0.2, 0.25) is 0 Å². The van der Waals surface area contributed by atoms with Crippen LogP contribution in [0, 0.1) is 17.0 Å². The number of amides is 2. The highest BCUT2D eigenvalue weighted by atomic mass is 16.6. The van der Waals surface area contributed by atoms with E-state index in [1.165, 1.54) is 22.8 Å². The summed E-state index contributed by atoms with van der Waals surface area (Å²) in [4.78, 5) is 46.0. The fourth-order valence-electron chi connectivity index (χ4n) is 4.89. The third-order valence-corrected chi connectivity index (χ3v) is 6.64. The van der Waals surface area contributed by atoms with Crippen LogP contribution in [-0.4, -0.2) is 73.5 Å². The van der Waals surface area contributed by atoms with Gasteiger partial charge in [-0.25, -0.2) is 19.5 Å². The van der Waals surface area contributed by atoms with Crippen molar-refractivity contribution >= 4 is 40.8 Å². The van der Waals surface area contributed by atoms with Crippen molar-refractivity contribution in [1.82, 2.24) is 19.5 Å². The number of nitro benzene ring substituents is 1. The largest absolute Gasteiger partial charge is 0.494 e. The molecular weight excluding hydrogens is 570 g/mol. The van der Waals surface area contributed by atoms with Gasteiger partial charge in [-0.3, -0.25) is 10.1 Å². The van der Waals surface area contributed by atoms with Crippen LogP contribution in [0.15, 0.2) is 30.5 Å². The summed E-state index contributed by atoms with van der Waals surface area (Å²) in [5, 5.41) is 20.1. The zero-order valence-corrected chi connectivity index (χ0v) is 26.5. The number of nitrogens with zero attached hydrogens (tertiary/aromatic N) is 6. The molecule has 0 radical (unpaired) electrons. The molecule has 238 valence electrons. The summed E-state index contributed by atoms with van der Waals surface area (Å²) >= 11 is 0. The third-order valence-electron chi connectivity index (χ3n) is 6.64. The summed E-state index contributed by atoms with van der Waals surface area (Å²) < 4.78 is 18.3. The summed E-state index contributed by atoms with van der Waals surface area (Å²) in [5.41, 5.74) is -1.02. The van der Waals surface area contributed by atoms with E-state index in [1.807, 2.05) is 20.8 Å². The Morgan fingerprint density at radius 2 is 1.84 bits per heavy atom. The number of ether oxygens (including phenoxy) is 3. The van der Waals surface area contributed by atoms with Crippen LogP contribution < -0.4 is 15.0 Å². The molecule has 1 unspecified atom stereocenters. The number of nitrogens with one attached hydrogen (secondary N) is 1. The molecule has 1 atom stereocenters. The Morgan fingerprint density at radius 1 is 1.14 bits per heavy atom. The highest BCUT2D eigenvalue weighted by Crippen LogP contribution is 2.40. The van der Waals surface area contributed by atoms with E-state index in [0.29, 0.717) is 36.7 Å². The number of nitro groups is 1. The van der Waals surface area contributed by atoms with Gasteiger partial charge in [0, 0.05) is 30.8 Å². The average Bonchev–Trinajstić information content (AvgIpc) is 3.37. The summed E-state index contributed by atoms with van der Waals surface area (Å²) in [6, 6.07) is 5.79. The fourth-order valence-corrected chi connectivity index (χ4v) is 4.89. The molecule has 1 N–H and O–H groups in total. The number of likely N-dealkylation sites (tertiary alicyclic amines) is 1. The number of carbonyl (C=O) groups excluding carboxylic acids is 2. The monoisotopic (exact) mass is 611 g/mol. The lowest BCUT2D eigenvalue weighted by atomic mass is 10.1. The second-order valence-corrected chi connectivity index (χ2v) is 12.6. The molecule has 3 aromatic rings. The van der Waals surface area contributed by atoms with Crippen molar-refractivity contribution < 1.29 is 28.7 Å². The van der Waals surface area contributed by atoms with Crippen molar-refractivity contribution in [1.29, 1.82) is 0 Å². The molecule has 2 aromatic heterocycles. The molecular formula is C30H41N7O7. The Balaban J connectivity index is 1.82. The molecule has 0 spiro atoms. The van der Waals surface area contributed by atoms with Crippen LogP contribution in [0.3, 0.4) is 0 Å². The minimum atomic E-state index is -0.909. The number of rotatable bonds is 7. The maximum Gasteiger partial charge on any atom is 0.420 e. The molecule has 2 amide bonds. The molecule has 1 aliphatic heterocycles. The number of benzene rings is 1. The van der Waals surface area contributed by atoms with Crippen molar-refractivity contribution in [2.24, 2.45) is 0 Å². The minimum absolute atomic E-state index is 0.0291. The van der Waals surface area contributed by atoms with E-state index in [9.17, 15) is 19.7 Å². The lowest BCUT2D eigenvalue weighted by Gasteiger charge is -2.35. The lowest BCUT2D eigenvalue weighted by molar-refractivity contribution is -0.384. The van der Waals surface area contributed by atoms with Gasteiger partial charge < -0.3 is 24.4 Å². The SMILES string of the molecule is CCOc1ccc(N(C(=O)OC(C)(C)C)c2c(C)c(NC3CCCN(C(=O)OC(C)(C)C)C3)nc3ccnn23)c([N+](=O)[O-])c1. The van der Waals surface area contributed by atoms with Gasteiger partial charge in [-0.05, 0) is 80.4 Å². The molecule has 1 saturated heterocycles. The Hall–Kier alpha value is -4.62. The number of piperidine rings is 1. The van der Waals surface area contributed by atoms with Crippen molar-refractivity contribution in [3.05, 3.63) is 46.1 Å². The van der Waals surface area contributed by atoms with Gasteiger partial charge in [-0.2, -0.15) is 9.61 Å². The summed E-state index contributed by atoms with van der Waals surface area (Å²) in [7, 11) is 0. The standard InChI is InChI=1S/C30H41N7O7/c1-9-42-21-12-13-22(23(17-21)37(40)41)35(28(39)44-30(6,7)8)26-19(2)25(33-24-14-15-31-36(24)26)32-20-11-10-16-34(18-20)27(38)43-29(3,4)5/h12-15,17,20H,9-11,16,18H2,1-8H3,(H,32,33). The molecule has 14 nitrogen and oxygen atoms in total. The molecule has 1 fully saturated rings. The van der Waals surface area contributed by atoms with E-state index in [-0.39, 0.29) is 35.1 Å². The van der Waals surface area contributed by atoms with Gasteiger partial charge in [-0.15, -0.1) is 0 Å². The van der Waals surface area contributed by atoms with Crippen LogP contribution in [0.25, 0.3) is 5.65 Å². The number of aromatic nitrogens is 3. The van der Waals surface area contributed by atoms with Crippen LogP contribution in [-0.2, 0) is 9.47 Å². The minimum Gasteiger partial charge on any atom is -0.494 e. The van der Waals surface area contributed by atoms with Gasteiger partial charge >= 0.3 is 12.2 Å². The maximum atomic E-state index is 13.9. The number of fused-ring (bicyclic) bond motifs is 1. The second-order valence-electron chi connectivity index (χ2n) is 12.6. The predicted octanol–water partition coefficient (Wildman–Crippen LogP) is 6.23. The first-order valence-electron chi connectivity index (χ1n) is 14.6. The normalized spacial score (nSPS) is 15.5. The average molecular weight is 612 g/mol. The molecule has 1 aliphatic rings. The van der Waals surface area contributed by atoms with E-state index in [4.69, 9.17) is 19.2 Å². The second kappa shape index (κ2) is 12.5. The first-order valence-corrected chi connectivity index (χ1v) is 14.6. The summed E-state index contributed by atoms with van der Waals surface area (Å²) in [5.74, 6) is 0.937. The smallest absolute Gasteiger partial charge is 0.420 e. The molecule has 1 aromatic carbocycles. The summed E-state index contributed by atoms with van der Waals surface area (Å²) in [6.07, 6.45) is 1.82. The fraction of sp³-hybridized carbons (Fsp3) is 0.533. The van der Waals surface area contributed by atoms with Crippen LogP contribution in [0.2, 0.25) is 0 Å². The number of hydrogen-bond acceptors (Lipinski definition) is 10. The van der Waals surface area contributed by atoms with Crippen molar-refractivity contribution in [3.8, 4) is 5.75 Å².